The minimum atomic E-state index is -0.689. The van der Waals surface area contributed by atoms with Gasteiger partial charge in [-0.15, -0.1) is 0 Å². The molecule has 0 radical (unpaired) electrons. The molecular weight excluding hydrogens is 288 g/mol. The van der Waals surface area contributed by atoms with E-state index in [4.69, 9.17) is 17.3 Å². The standard InChI is InChI=1S/C15H17ClN4O/c1-9-4-5-13(16)7-14(9)20-10(2)6-12(11(20)3)8-18-19-15(17)21/h4-8H,1-3H3,(H3,17,19,21)/b18-8-. The number of halogens is 1. The van der Waals surface area contributed by atoms with Crippen LogP contribution in [0.3, 0.4) is 0 Å². The van der Waals surface area contributed by atoms with Crippen molar-refractivity contribution in [1.29, 1.82) is 0 Å². The number of carbonyl (C=O) groups excluding carboxylic acids is 1. The first-order valence-corrected chi connectivity index (χ1v) is 6.82. The third-order valence-corrected chi connectivity index (χ3v) is 3.50. The average molecular weight is 305 g/mol. The van der Waals surface area contributed by atoms with Crippen LogP contribution in [0.1, 0.15) is 22.5 Å². The van der Waals surface area contributed by atoms with Gasteiger partial charge in [0.2, 0.25) is 0 Å². The molecule has 0 bridgehead atoms. The number of urea groups is 1. The molecule has 1 heterocycles. The predicted octanol–water partition coefficient (Wildman–Crippen LogP) is 3.06. The summed E-state index contributed by atoms with van der Waals surface area (Å²) < 4.78 is 2.10. The van der Waals surface area contributed by atoms with Gasteiger partial charge in [-0.05, 0) is 44.5 Å². The Morgan fingerprint density at radius 1 is 1.33 bits per heavy atom. The van der Waals surface area contributed by atoms with E-state index >= 15 is 0 Å². The first kappa shape index (κ1) is 15.1. The Morgan fingerprint density at radius 2 is 2.05 bits per heavy atom. The Kier molecular flexibility index (Phi) is 4.33. The largest absolute Gasteiger partial charge is 0.350 e. The zero-order chi connectivity index (χ0) is 15.6. The summed E-state index contributed by atoms with van der Waals surface area (Å²) in [5.74, 6) is 0. The van der Waals surface area contributed by atoms with Gasteiger partial charge in [0, 0.05) is 27.7 Å². The van der Waals surface area contributed by atoms with Gasteiger partial charge in [-0.3, -0.25) is 0 Å². The molecule has 21 heavy (non-hydrogen) atoms. The number of nitrogens with two attached hydrogens (primary N) is 1. The van der Waals surface area contributed by atoms with Crippen molar-refractivity contribution in [2.24, 2.45) is 10.8 Å². The number of hydrogen-bond donors (Lipinski definition) is 2. The molecule has 3 N–H and O–H groups in total. The smallest absolute Gasteiger partial charge is 0.332 e. The summed E-state index contributed by atoms with van der Waals surface area (Å²) in [5, 5.41) is 4.49. The second-order valence-corrected chi connectivity index (χ2v) is 5.26. The highest BCUT2D eigenvalue weighted by atomic mass is 35.5. The maximum Gasteiger partial charge on any atom is 0.332 e. The van der Waals surface area contributed by atoms with E-state index in [2.05, 4.69) is 15.1 Å². The molecule has 0 aliphatic heterocycles. The first-order valence-electron chi connectivity index (χ1n) is 6.44. The number of nitrogens with zero attached hydrogens (tertiary/aromatic N) is 2. The Bertz CT molecular complexity index is 719. The third-order valence-electron chi connectivity index (χ3n) is 3.26. The number of aromatic nitrogens is 1. The van der Waals surface area contributed by atoms with E-state index in [1.807, 2.05) is 45.0 Å². The molecule has 2 rings (SSSR count). The zero-order valence-electron chi connectivity index (χ0n) is 12.1. The van der Waals surface area contributed by atoms with Gasteiger partial charge in [0.1, 0.15) is 0 Å². The topological polar surface area (TPSA) is 72.4 Å². The number of aryl methyl sites for hydroxylation is 2. The number of hydrazone groups is 1. The molecule has 6 heteroatoms. The van der Waals surface area contributed by atoms with E-state index in [-0.39, 0.29) is 0 Å². The van der Waals surface area contributed by atoms with Crippen LogP contribution in [-0.4, -0.2) is 16.8 Å². The average Bonchev–Trinajstić information content (AvgIpc) is 2.67. The quantitative estimate of drug-likeness (QED) is 0.664. The highest BCUT2D eigenvalue weighted by Gasteiger charge is 2.11. The number of carbonyl (C=O) groups is 1. The molecule has 0 saturated heterocycles. The summed E-state index contributed by atoms with van der Waals surface area (Å²) in [6.45, 7) is 6.03. The summed E-state index contributed by atoms with van der Waals surface area (Å²) in [4.78, 5) is 10.6. The summed E-state index contributed by atoms with van der Waals surface area (Å²) in [5.41, 5.74) is 12.3. The molecule has 0 atom stereocenters. The molecule has 2 aromatic rings. The van der Waals surface area contributed by atoms with Crippen LogP contribution in [0.5, 0.6) is 0 Å². The number of rotatable bonds is 3. The van der Waals surface area contributed by atoms with Crippen molar-refractivity contribution < 1.29 is 4.79 Å². The van der Waals surface area contributed by atoms with Gasteiger partial charge in [0.15, 0.2) is 0 Å². The SMILES string of the molecule is Cc1ccc(Cl)cc1-n1c(C)cc(/C=N\NC(N)=O)c1C. The van der Waals surface area contributed by atoms with Crippen LogP contribution in [0.2, 0.25) is 5.02 Å². The van der Waals surface area contributed by atoms with E-state index in [1.54, 1.807) is 6.21 Å². The highest BCUT2D eigenvalue weighted by molar-refractivity contribution is 6.30. The van der Waals surface area contributed by atoms with E-state index in [0.29, 0.717) is 5.02 Å². The molecule has 0 saturated carbocycles. The highest BCUT2D eigenvalue weighted by Crippen LogP contribution is 2.25. The normalized spacial score (nSPS) is 11.0. The molecule has 5 nitrogen and oxygen atoms in total. The number of benzene rings is 1. The molecule has 2 amide bonds. The van der Waals surface area contributed by atoms with Crippen molar-refractivity contribution in [2.45, 2.75) is 20.8 Å². The lowest BCUT2D eigenvalue weighted by molar-refractivity contribution is 0.249. The molecule has 0 spiro atoms. The van der Waals surface area contributed by atoms with Crippen LogP contribution in [-0.2, 0) is 0 Å². The zero-order valence-corrected chi connectivity index (χ0v) is 12.9. The van der Waals surface area contributed by atoms with E-state index in [0.717, 1.165) is 28.2 Å². The first-order chi connectivity index (χ1) is 9.90. The van der Waals surface area contributed by atoms with Gasteiger partial charge in [-0.25, -0.2) is 10.2 Å². The van der Waals surface area contributed by atoms with Gasteiger partial charge in [0.05, 0.1) is 6.21 Å². The van der Waals surface area contributed by atoms with Crippen LogP contribution in [0.25, 0.3) is 5.69 Å². The van der Waals surface area contributed by atoms with Gasteiger partial charge >= 0.3 is 6.03 Å². The molecule has 0 fully saturated rings. The van der Waals surface area contributed by atoms with Gasteiger partial charge in [-0.1, -0.05) is 17.7 Å². The Labute approximate surface area is 128 Å². The number of primary amides is 1. The lowest BCUT2D eigenvalue weighted by Crippen LogP contribution is -2.24. The maximum atomic E-state index is 10.6. The van der Waals surface area contributed by atoms with Gasteiger partial charge < -0.3 is 10.3 Å². The molecule has 1 aromatic carbocycles. The Morgan fingerprint density at radius 3 is 2.71 bits per heavy atom. The fourth-order valence-electron chi connectivity index (χ4n) is 2.28. The number of nitrogens with one attached hydrogen (secondary N) is 1. The fourth-order valence-corrected chi connectivity index (χ4v) is 2.44. The van der Waals surface area contributed by atoms with Gasteiger partial charge in [-0.2, -0.15) is 5.10 Å². The van der Waals surface area contributed by atoms with Crippen LogP contribution in [0, 0.1) is 20.8 Å². The van der Waals surface area contributed by atoms with E-state index < -0.39 is 6.03 Å². The van der Waals surface area contributed by atoms with Crippen molar-refractivity contribution >= 4 is 23.8 Å². The third kappa shape index (κ3) is 3.25. The Hall–Kier alpha value is -2.27. The van der Waals surface area contributed by atoms with Crippen LogP contribution in [0.15, 0.2) is 29.4 Å². The second kappa shape index (κ2) is 6.01. The monoisotopic (exact) mass is 304 g/mol. The van der Waals surface area contributed by atoms with Gasteiger partial charge in [0.25, 0.3) is 0 Å². The van der Waals surface area contributed by atoms with Crippen molar-refractivity contribution in [3.05, 3.63) is 51.8 Å². The summed E-state index contributed by atoms with van der Waals surface area (Å²) in [6, 6.07) is 7.08. The van der Waals surface area contributed by atoms with Crippen molar-refractivity contribution in [2.75, 3.05) is 0 Å². The van der Waals surface area contributed by atoms with Crippen LogP contribution >= 0.6 is 11.6 Å². The molecule has 0 unspecified atom stereocenters. The summed E-state index contributed by atoms with van der Waals surface area (Å²) in [7, 11) is 0. The molecule has 1 aromatic heterocycles. The van der Waals surface area contributed by atoms with E-state index in [1.165, 1.54) is 0 Å². The van der Waals surface area contributed by atoms with Crippen molar-refractivity contribution in [3.8, 4) is 5.69 Å². The molecule has 0 aliphatic carbocycles. The second-order valence-electron chi connectivity index (χ2n) is 4.83. The molecule has 110 valence electrons. The fraction of sp³-hybridized carbons (Fsp3) is 0.200. The van der Waals surface area contributed by atoms with Crippen molar-refractivity contribution in [1.82, 2.24) is 9.99 Å². The number of amides is 2. The van der Waals surface area contributed by atoms with Crippen LogP contribution < -0.4 is 11.2 Å². The predicted molar refractivity (Wildman–Crippen MR) is 85.3 cm³/mol. The lowest BCUT2D eigenvalue weighted by Gasteiger charge is -2.13. The summed E-state index contributed by atoms with van der Waals surface area (Å²) >= 11 is 6.10. The summed E-state index contributed by atoms with van der Waals surface area (Å²) in [6.07, 6.45) is 1.57. The minimum absolute atomic E-state index is 0.689. The maximum absolute atomic E-state index is 10.6. The Balaban J connectivity index is 2.46. The van der Waals surface area contributed by atoms with Crippen LogP contribution in [0.4, 0.5) is 4.79 Å². The van der Waals surface area contributed by atoms with Crippen molar-refractivity contribution in [3.63, 3.8) is 0 Å². The lowest BCUT2D eigenvalue weighted by atomic mass is 10.2. The molecular formula is C15H17ClN4O. The molecule has 0 aliphatic rings. The minimum Gasteiger partial charge on any atom is -0.350 e. The number of hydrogen-bond acceptors (Lipinski definition) is 2. The van der Waals surface area contributed by atoms with E-state index in [9.17, 15) is 4.79 Å².